The Kier molecular flexibility index (Phi) is 3.89. The van der Waals surface area contributed by atoms with Crippen LogP contribution in [0.1, 0.15) is 22.7 Å². The molecule has 2 aromatic rings. The summed E-state index contributed by atoms with van der Waals surface area (Å²) in [4.78, 5) is 0.346. The van der Waals surface area contributed by atoms with Crippen molar-refractivity contribution >= 4 is 10.0 Å². The lowest BCUT2D eigenvalue weighted by molar-refractivity contribution is 0.418. The summed E-state index contributed by atoms with van der Waals surface area (Å²) in [6.45, 7) is 4.38. The average molecular weight is 313 g/mol. The van der Waals surface area contributed by atoms with Gasteiger partial charge in [0.2, 0.25) is 10.0 Å². The minimum absolute atomic E-state index is 0.230. The topological polar surface area (TPSA) is 37.4 Å². The molecule has 2 aromatic carbocycles. The molecule has 1 heterocycles. The Hall–Kier alpha value is -1.91. The van der Waals surface area contributed by atoms with Crippen molar-refractivity contribution in [2.75, 3.05) is 6.54 Å². The number of benzene rings is 2. The lowest BCUT2D eigenvalue weighted by Gasteiger charge is -2.24. The number of nitrogens with zero attached hydrogens (tertiary/aromatic N) is 1. The first-order valence-corrected chi connectivity index (χ1v) is 8.74. The number of hydrogen-bond acceptors (Lipinski definition) is 2. The molecule has 0 amide bonds. The Morgan fingerprint density at radius 1 is 0.909 bits per heavy atom. The molecule has 1 atom stereocenters. The Morgan fingerprint density at radius 2 is 1.45 bits per heavy atom. The van der Waals surface area contributed by atoms with E-state index < -0.39 is 10.0 Å². The summed E-state index contributed by atoms with van der Waals surface area (Å²) in [7, 11) is -3.49. The van der Waals surface area contributed by atoms with Crippen LogP contribution in [0.15, 0.2) is 65.6 Å². The lowest BCUT2D eigenvalue weighted by Crippen LogP contribution is -2.31. The van der Waals surface area contributed by atoms with Crippen LogP contribution in [0.25, 0.3) is 0 Å². The molecule has 0 saturated carbocycles. The van der Waals surface area contributed by atoms with Gasteiger partial charge < -0.3 is 0 Å². The van der Waals surface area contributed by atoms with Crippen molar-refractivity contribution in [3.05, 3.63) is 77.4 Å². The smallest absolute Gasteiger partial charge is 0.207 e. The van der Waals surface area contributed by atoms with Gasteiger partial charge in [0.25, 0.3) is 0 Å². The average Bonchev–Trinajstić information content (AvgIpc) is 2.99. The third-order valence-electron chi connectivity index (χ3n) is 3.96. The van der Waals surface area contributed by atoms with Crippen LogP contribution < -0.4 is 0 Å². The van der Waals surface area contributed by atoms with Gasteiger partial charge in [0.1, 0.15) is 0 Å². The molecule has 0 spiro atoms. The van der Waals surface area contributed by atoms with E-state index in [0.29, 0.717) is 11.4 Å². The molecule has 0 aromatic heterocycles. The van der Waals surface area contributed by atoms with E-state index in [0.717, 1.165) is 11.1 Å². The number of sulfonamides is 1. The summed E-state index contributed by atoms with van der Waals surface area (Å²) in [6, 6.07) is 14.8. The van der Waals surface area contributed by atoms with Gasteiger partial charge in [-0.1, -0.05) is 59.7 Å². The number of aryl methyl sites for hydroxylation is 2. The van der Waals surface area contributed by atoms with Crippen molar-refractivity contribution < 1.29 is 8.42 Å². The molecule has 0 saturated heterocycles. The van der Waals surface area contributed by atoms with Gasteiger partial charge in [0, 0.05) is 6.54 Å². The van der Waals surface area contributed by atoms with Crippen LogP contribution in [0.3, 0.4) is 0 Å². The normalized spacial score (nSPS) is 18.7. The van der Waals surface area contributed by atoms with Crippen LogP contribution in [0, 0.1) is 13.8 Å². The van der Waals surface area contributed by atoms with Gasteiger partial charge in [-0.25, -0.2) is 8.42 Å². The molecule has 0 aliphatic carbocycles. The highest BCUT2D eigenvalue weighted by atomic mass is 32.2. The van der Waals surface area contributed by atoms with E-state index >= 15 is 0 Å². The number of hydrogen-bond donors (Lipinski definition) is 0. The quantitative estimate of drug-likeness (QED) is 0.812. The van der Waals surface area contributed by atoms with Gasteiger partial charge in [0.05, 0.1) is 10.9 Å². The molecule has 0 fully saturated rings. The van der Waals surface area contributed by atoms with Crippen LogP contribution >= 0.6 is 0 Å². The van der Waals surface area contributed by atoms with E-state index in [-0.39, 0.29) is 6.04 Å². The lowest BCUT2D eigenvalue weighted by atomic mass is 10.1. The summed E-state index contributed by atoms with van der Waals surface area (Å²) in [5.74, 6) is 0. The van der Waals surface area contributed by atoms with Gasteiger partial charge >= 0.3 is 0 Å². The Morgan fingerprint density at radius 3 is 2.05 bits per heavy atom. The van der Waals surface area contributed by atoms with Crippen molar-refractivity contribution in [3.63, 3.8) is 0 Å². The maximum absolute atomic E-state index is 12.9. The van der Waals surface area contributed by atoms with Gasteiger partial charge in [-0.05, 0) is 31.5 Å². The number of rotatable bonds is 3. The summed E-state index contributed by atoms with van der Waals surface area (Å²) in [5, 5.41) is 0. The molecule has 0 bridgehead atoms. The second kappa shape index (κ2) is 5.71. The van der Waals surface area contributed by atoms with Gasteiger partial charge in [-0.15, -0.1) is 0 Å². The second-order valence-electron chi connectivity index (χ2n) is 5.67. The van der Waals surface area contributed by atoms with Gasteiger partial charge in [-0.2, -0.15) is 4.31 Å². The minimum atomic E-state index is -3.49. The highest BCUT2D eigenvalue weighted by molar-refractivity contribution is 7.89. The van der Waals surface area contributed by atoms with E-state index in [9.17, 15) is 8.42 Å². The third-order valence-corrected chi connectivity index (χ3v) is 5.82. The van der Waals surface area contributed by atoms with E-state index in [1.165, 1.54) is 5.56 Å². The molecule has 4 heteroatoms. The van der Waals surface area contributed by atoms with Crippen LogP contribution in [-0.4, -0.2) is 19.3 Å². The Balaban J connectivity index is 1.96. The zero-order chi connectivity index (χ0) is 15.7. The molecule has 22 heavy (non-hydrogen) atoms. The molecule has 1 unspecified atom stereocenters. The second-order valence-corrected chi connectivity index (χ2v) is 7.56. The van der Waals surface area contributed by atoms with E-state index in [1.54, 1.807) is 16.4 Å². The molecular weight excluding hydrogens is 294 g/mol. The third kappa shape index (κ3) is 2.72. The molecule has 1 aliphatic rings. The molecule has 3 rings (SSSR count). The van der Waals surface area contributed by atoms with Crippen molar-refractivity contribution in [1.82, 2.24) is 4.31 Å². The van der Waals surface area contributed by atoms with Crippen LogP contribution in [-0.2, 0) is 10.0 Å². The van der Waals surface area contributed by atoms with Crippen molar-refractivity contribution in [3.8, 4) is 0 Å². The first-order chi connectivity index (χ1) is 10.5. The minimum Gasteiger partial charge on any atom is -0.207 e. The van der Waals surface area contributed by atoms with Crippen LogP contribution in [0.4, 0.5) is 0 Å². The maximum atomic E-state index is 12.9. The van der Waals surface area contributed by atoms with Crippen molar-refractivity contribution in [2.45, 2.75) is 24.8 Å². The monoisotopic (exact) mass is 313 g/mol. The zero-order valence-electron chi connectivity index (χ0n) is 12.7. The predicted molar refractivity (Wildman–Crippen MR) is 88.1 cm³/mol. The van der Waals surface area contributed by atoms with Gasteiger partial charge in [-0.3, -0.25) is 0 Å². The summed E-state index contributed by atoms with van der Waals surface area (Å²) in [6.07, 6.45) is 3.87. The highest BCUT2D eigenvalue weighted by Crippen LogP contribution is 2.32. The predicted octanol–water partition coefficient (Wildman–Crippen LogP) is 3.61. The largest absolute Gasteiger partial charge is 0.244 e. The van der Waals surface area contributed by atoms with Crippen LogP contribution in [0.2, 0.25) is 0 Å². The fourth-order valence-corrected chi connectivity index (χ4v) is 4.16. The van der Waals surface area contributed by atoms with Crippen molar-refractivity contribution in [2.24, 2.45) is 0 Å². The summed E-state index contributed by atoms with van der Waals surface area (Å²) < 4.78 is 27.3. The fourth-order valence-electron chi connectivity index (χ4n) is 2.64. The van der Waals surface area contributed by atoms with Crippen LogP contribution in [0.5, 0.6) is 0 Å². The first kappa shape index (κ1) is 15.0. The molecule has 1 aliphatic heterocycles. The molecule has 114 valence electrons. The van der Waals surface area contributed by atoms with Gasteiger partial charge in [0.15, 0.2) is 0 Å². The van der Waals surface area contributed by atoms with Crippen molar-refractivity contribution in [1.29, 1.82) is 0 Å². The first-order valence-electron chi connectivity index (χ1n) is 7.30. The summed E-state index contributed by atoms with van der Waals surface area (Å²) >= 11 is 0. The Bertz CT molecular complexity index is 790. The SMILES string of the molecule is Cc1ccc(C2C=CCN2S(=O)(=O)c2ccc(C)cc2)cc1. The fraction of sp³-hybridized carbons (Fsp3) is 0.222. The molecule has 0 N–H and O–H groups in total. The van der Waals surface area contributed by atoms with E-state index in [4.69, 9.17) is 0 Å². The molecule has 0 radical (unpaired) electrons. The Labute approximate surface area is 132 Å². The molecular formula is C18H19NO2S. The summed E-state index contributed by atoms with van der Waals surface area (Å²) in [5.41, 5.74) is 3.21. The van der Waals surface area contributed by atoms with E-state index in [2.05, 4.69) is 0 Å². The zero-order valence-corrected chi connectivity index (χ0v) is 13.5. The highest BCUT2D eigenvalue weighted by Gasteiger charge is 2.33. The van der Waals surface area contributed by atoms with E-state index in [1.807, 2.05) is 62.4 Å². The molecule has 3 nitrogen and oxygen atoms in total. The standard InChI is InChI=1S/C18H19NO2S/c1-14-5-9-16(10-6-14)18-4-3-13-19(18)22(20,21)17-11-7-15(2)8-12-17/h3-12,18H,13H2,1-2H3. The maximum Gasteiger partial charge on any atom is 0.244 e.